The van der Waals surface area contributed by atoms with Gasteiger partial charge in [0, 0.05) is 12.5 Å². The SMILES string of the molecule is CC(=N)OCC#Cc1ccccc1. The van der Waals surface area contributed by atoms with Crippen LogP contribution in [0.3, 0.4) is 0 Å². The van der Waals surface area contributed by atoms with Gasteiger partial charge in [-0.1, -0.05) is 30.0 Å². The van der Waals surface area contributed by atoms with E-state index in [-0.39, 0.29) is 12.5 Å². The van der Waals surface area contributed by atoms with E-state index in [1.807, 2.05) is 30.3 Å². The minimum atomic E-state index is 0.197. The summed E-state index contributed by atoms with van der Waals surface area (Å²) in [5.74, 6) is 5.94. The zero-order valence-corrected chi connectivity index (χ0v) is 7.50. The van der Waals surface area contributed by atoms with Gasteiger partial charge in [-0.15, -0.1) is 0 Å². The fourth-order valence-corrected chi connectivity index (χ4v) is 0.804. The summed E-state index contributed by atoms with van der Waals surface area (Å²) in [6, 6.07) is 9.69. The number of nitrogens with one attached hydrogen (secondary N) is 1. The van der Waals surface area contributed by atoms with Gasteiger partial charge in [-0.2, -0.15) is 0 Å². The minimum absolute atomic E-state index is 0.197. The van der Waals surface area contributed by atoms with Gasteiger partial charge in [0.15, 0.2) is 12.5 Å². The first kappa shape index (κ1) is 9.34. The van der Waals surface area contributed by atoms with Crippen LogP contribution in [0.15, 0.2) is 30.3 Å². The fraction of sp³-hybridized carbons (Fsp3) is 0.182. The maximum atomic E-state index is 6.99. The van der Waals surface area contributed by atoms with Gasteiger partial charge >= 0.3 is 0 Å². The average molecular weight is 173 g/mol. The highest BCUT2D eigenvalue weighted by Gasteiger charge is 1.83. The number of rotatable bonds is 1. The van der Waals surface area contributed by atoms with Crippen LogP contribution in [0.4, 0.5) is 0 Å². The van der Waals surface area contributed by atoms with Crippen molar-refractivity contribution in [3.63, 3.8) is 0 Å². The second-order valence-electron chi connectivity index (χ2n) is 2.51. The van der Waals surface area contributed by atoms with Gasteiger partial charge in [-0.3, -0.25) is 5.41 Å². The Kier molecular flexibility index (Phi) is 3.59. The second-order valence-corrected chi connectivity index (χ2v) is 2.51. The van der Waals surface area contributed by atoms with Crippen molar-refractivity contribution in [3.05, 3.63) is 35.9 Å². The molecule has 0 atom stereocenters. The Labute approximate surface area is 78.1 Å². The number of hydrogen-bond acceptors (Lipinski definition) is 2. The van der Waals surface area contributed by atoms with Crippen LogP contribution in [0, 0.1) is 17.3 Å². The van der Waals surface area contributed by atoms with E-state index in [4.69, 9.17) is 10.1 Å². The monoisotopic (exact) mass is 173 g/mol. The Morgan fingerprint density at radius 1 is 1.38 bits per heavy atom. The molecule has 1 aromatic rings. The van der Waals surface area contributed by atoms with Crippen molar-refractivity contribution in [2.45, 2.75) is 6.92 Å². The lowest BCUT2D eigenvalue weighted by atomic mass is 10.2. The molecule has 0 aliphatic rings. The smallest absolute Gasteiger partial charge is 0.178 e. The molecule has 0 saturated carbocycles. The van der Waals surface area contributed by atoms with Gasteiger partial charge in [0.25, 0.3) is 0 Å². The number of hydrogen-bond donors (Lipinski definition) is 1. The van der Waals surface area contributed by atoms with Crippen molar-refractivity contribution >= 4 is 5.90 Å². The molecule has 66 valence electrons. The van der Waals surface area contributed by atoms with E-state index in [0.29, 0.717) is 0 Å². The Hall–Kier alpha value is -1.75. The van der Waals surface area contributed by atoms with Crippen LogP contribution in [0.2, 0.25) is 0 Å². The molecule has 2 nitrogen and oxygen atoms in total. The summed E-state index contributed by atoms with van der Waals surface area (Å²) in [5.41, 5.74) is 0.966. The summed E-state index contributed by atoms with van der Waals surface area (Å²) in [7, 11) is 0. The highest BCUT2D eigenvalue weighted by molar-refractivity contribution is 5.69. The van der Waals surface area contributed by atoms with Crippen LogP contribution in [0.5, 0.6) is 0 Å². The maximum absolute atomic E-state index is 6.99. The summed E-state index contributed by atoms with van der Waals surface area (Å²) in [4.78, 5) is 0. The molecular formula is C11H11NO. The molecule has 0 radical (unpaired) electrons. The largest absolute Gasteiger partial charge is 0.469 e. The zero-order chi connectivity index (χ0) is 9.52. The Morgan fingerprint density at radius 2 is 2.08 bits per heavy atom. The Morgan fingerprint density at radius 3 is 2.69 bits per heavy atom. The molecule has 0 spiro atoms. The van der Waals surface area contributed by atoms with Crippen LogP contribution in [-0.2, 0) is 4.74 Å². The molecule has 0 unspecified atom stereocenters. The highest BCUT2D eigenvalue weighted by Crippen LogP contribution is 1.94. The van der Waals surface area contributed by atoms with Gasteiger partial charge in [-0.05, 0) is 12.1 Å². The van der Waals surface area contributed by atoms with Crippen molar-refractivity contribution in [1.29, 1.82) is 5.41 Å². The third kappa shape index (κ3) is 3.97. The lowest BCUT2D eigenvalue weighted by Crippen LogP contribution is -1.96. The third-order valence-corrected chi connectivity index (χ3v) is 1.37. The van der Waals surface area contributed by atoms with Crippen LogP contribution in [0.25, 0.3) is 0 Å². The molecule has 0 bridgehead atoms. The summed E-state index contributed by atoms with van der Waals surface area (Å²) in [6.07, 6.45) is 0. The first-order valence-corrected chi connectivity index (χ1v) is 4.01. The molecule has 0 aliphatic carbocycles. The summed E-state index contributed by atoms with van der Waals surface area (Å²) >= 11 is 0. The quantitative estimate of drug-likeness (QED) is 0.393. The predicted octanol–water partition coefficient (Wildman–Crippen LogP) is 2.05. The van der Waals surface area contributed by atoms with Crippen molar-refractivity contribution < 1.29 is 4.74 Å². The molecule has 13 heavy (non-hydrogen) atoms. The van der Waals surface area contributed by atoms with Gasteiger partial charge in [0.05, 0.1) is 0 Å². The molecule has 1 N–H and O–H groups in total. The summed E-state index contributed by atoms with van der Waals surface area (Å²) in [5, 5.41) is 6.99. The van der Waals surface area contributed by atoms with Crippen LogP contribution >= 0.6 is 0 Å². The van der Waals surface area contributed by atoms with Crippen molar-refractivity contribution in [2.75, 3.05) is 6.61 Å². The molecule has 0 amide bonds. The summed E-state index contributed by atoms with van der Waals surface area (Å²) < 4.78 is 4.87. The third-order valence-electron chi connectivity index (χ3n) is 1.37. The van der Waals surface area contributed by atoms with Crippen molar-refractivity contribution in [3.8, 4) is 11.8 Å². The topological polar surface area (TPSA) is 33.1 Å². The van der Waals surface area contributed by atoms with Gasteiger partial charge in [0.1, 0.15) is 0 Å². The van der Waals surface area contributed by atoms with E-state index in [0.717, 1.165) is 5.56 Å². The normalized spacial score (nSPS) is 8.38. The van der Waals surface area contributed by atoms with E-state index in [2.05, 4.69) is 11.8 Å². The van der Waals surface area contributed by atoms with E-state index in [9.17, 15) is 0 Å². The van der Waals surface area contributed by atoms with E-state index < -0.39 is 0 Å². The average Bonchev–Trinajstić information content (AvgIpc) is 2.14. The number of ether oxygens (including phenoxy) is 1. The molecule has 0 aromatic heterocycles. The molecule has 1 rings (SSSR count). The molecular weight excluding hydrogens is 162 g/mol. The highest BCUT2D eigenvalue weighted by atomic mass is 16.5. The number of benzene rings is 1. The molecule has 0 aliphatic heterocycles. The van der Waals surface area contributed by atoms with Gasteiger partial charge in [0.2, 0.25) is 0 Å². The Bertz CT molecular complexity index is 332. The predicted molar refractivity (Wildman–Crippen MR) is 52.7 cm³/mol. The van der Waals surface area contributed by atoms with Crippen molar-refractivity contribution in [1.82, 2.24) is 0 Å². The maximum Gasteiger partial charge on any atom is 0.178 e. The lowest BCUT2D eigenvalue weighted by molar-refractivity contribution is 0.351. The molecule has 2 heteroatoms. The molecule has 0 heterocycles. The van der Waals surface area contributed by atoms with Gasteiger partial charge < -0.3 is 4.74 Å². The van der Waals surface area contributed by atoms with Crippen LogP contribution < -0.4 is 0 Å². The summed E-state index contributed by atoms with van der Waals surface area (Å²) in [6.45, 7) is 1.87. The second kappa shape index (κ2) is 5.00. The standard InChI is InChI=1S/C11H11NO/c1-10(12)13-9-5-8-11-6-3-2-4-7-11/h2-4,6-7,12H,9H2,1H3. The fourth-order valence-electron chi connectivity index (χ4n) is 0.804. The Balaban J connectivity index is 2.44. The minimum Gasteiger partial charge on any atom is -0.469 e. The lowest BCUT2D eigenvalue weighted by Gasteiger charge is -1.94. The molecule has 1 aromatic carbocycles. The zero-order valence-electron chi connectivity index (χ0n) is 7.50. The first-order chi connectivity index (χ1) is 6.29. The van der Waals surface area contributed by atoms with Gasteiger partial charge in [-0.25, -0.2) is 0 Å². The van der Waals surface area contributed by atoms with E-state index in [1.165, 1.54) is 0 Å². The van der Waals surface area contributed by atoms with E-state index >= 15 is 0 Å². The molecule has 0 fully saturated rings. The first-order valence-electron chi connectivity index (χ1n) is 4.01. The van der Waals surface area contributed by atoms with Crippen LogP contribution in [0.1, 0.15) is 12.5 Å². The molecule has 0 saturated heterocycles. The van der Waals surface area contributed by atoms with E-state index in [1.54, 1.807) is 6.92 Å². The van der Waals surface area contributed by atoms with Crippen molar-refractivity contribution in [2.24, 2.45) is 0 Å². The van der Waals surface area contributed by atoms with Crippen LogP contribution in [-0.4, -0.2) is 12.5 Å².